The van der Waals surface area contributed by atoms with Gasteiger partial charge in [-0.3, -0.25) is 14.7 Å². The van der Waals surface area contributed by atoms with Crippen LogP contribution in [0.3, 0.4) is 0 Å². The van der Waals surface area contributed by atoms with Crippen LogP contribution in [0.1, 0.15) is 57.2 Å². The maximum atomic E-state index is 13.3. The molecule has 0 aliphatic rings. The average molecular weight is 578 g/mol. The molecule has 0 saturated heterocycles. The van der Waals surface area contributed by atoms with E-state index in [0.29, 0.717) is 28.8 Å². The summed E-state index contributed by atoms with van der Waals surface area (Å²) < 4.78 is 5.36. The first-order valence-corrected chi connectivity index (χ1v) is 14.4. The summed E-state index contributed by atoms with van der Waals surface area (Å²) in [6.45, 7) is 8.00. The van der Waals surface area contributed by atoms with Crippen LogP contribution in [-0.4, -0.2) is 63.7 Å². The lowest BCUT2D eigenvalue weighted by atomic mass is 10.1. The molecule has 1 aromatic carbocycles. The van der Waals surface area contributed by atoms with E-state index < -0.39 is 17.9 Å². The number of aromatic nitrogens is 4. The van der Waals surface area contributed by atoms with Crippen LogP contribution in [0, 0.1) is 19.8 Å². The Kier molecular flexibility index (Phi) is 10.0. The summed E-state index contributed by atoms with van der Waals surface area (Å²) in [6.07, 6.45) is 3.55. The van der Waals surface area contributed by atoms with Crippen molar-refractivity contribution in [3.05, 3.63) is 69.3 Å². The number of aryl methyl sites for hydroxylation is 3. The zero-order chi connectivity index (χ0) is 29.4. The number of thiophene rings is 1. The summed E-state index contributed by atoms with van der Waals surface area (Å²) in [4.78, 5) is 48.0. The van der Waals surface area contributed by atoms with E-state index in [1.54, 1.807) is 31.4 Å². The van der Waals surface area contributed by atoms with Crippen LogP contribution in [0.15, 0.2) is 41.9 Å². The Hall–Kier alpha value is -4.32. The SMILES string of the molecule is Cc1nc(NCCCc2cccc3[nH]ncc23)nc(C)c1C(=O)NC(CNC(=O)c1cccs1)C(=O)OCC(C)C. The highest BCUT2D eigenvalue weighted by molar-refractivity contribution is 7.12. The Balaban J connectivity index is 1.37. The number of aromatic amines is 1. The predicted molar refractivity (Wildman–Crippen MR) is 158 cm³/mol. The van der Waals surface area contributed by atoms with Gasteiger partial charge in [-0.2, -0.15) is 5.10 Å². The normalized spacial score (nSPS) is 11.8. The molecule has 4 rings (SSSR count). The number of anilines is 1. The van der Waals surface area contributed by atoms with Gasteiger partial charge in [0.2, 0.25) is 5.95 Å². The van der Waals surface area contributed by atoms with Crippen LogP contribution in [0.25, 0.3) is 10.9 Å². The number of hydrogen-bond acceptors (Lipinski definition) is 9. The highest BCUT2D eigenvalue weighted by atomic mass is 32.1. The zero-order valence-corrected chi connectivity index (χ0v) is 24.4. The number of ether oxygens (including phenoxy) is 1. The molecule has 4 N–H and O–H groups in total. The first kappa shape index (κ1) is 29.7. The average Bonchev–Trinajstić information content (AvgIpc) is 3.64. The van der Waals surface area contributed by atoms with Gasteiger partial charge in [-0.05, 0) is 55.7 Å². The van der Waals surface area contributed by atoms with Gasteiger partial charge in [0.05, 0.1) is 40.1 Å². The molecule has 0 radical (unpaired) electrons. The summed E-state index contributed by atoms with van der Waals surface area (Å²) in [7, 11) is 0. The molecular weight excluding hydrogens is 542 g/mol. The number of benzene rings is 1. The van der Waals surface area contributed by atoms with E-state index in [2.05, 4.69) is 42.2 Å². The number of carbonyl (C=O) groups excluding carboxylic acids is 3. The minimum Gasteiger partial charge on any atom is -0.464 e. The Labute approximate surface area is 242 Å². The number of carbonyl (C=O) groups is 3. The summed E-state index contributed by atoms with van der Waals surface area (Å²) in [6, 6.07) is 8.47. The molecule has 2 amide bonds. The Morgan fingerprint density at radius 1 is 1.05 bits per heavy atom. The smallest absolute Gasteiger partial charge is 0.330 e. The van der Waals surface area contributed by atoms with Gasteiger partial charge in [0.1, 0.15) is 6.04 Å². The minimum atomic E-state index is -1.08. The maximum absolute atomic E-state index is 13.3. The third-order valence-corrected chi connectivity index (χ3v) is 7.21. The van der Waals surface area contributed by atoms with Gasteiger partial charge in [-0.1, -0.05) is 32.0 Å². The third-order valence-electron chi connectivity index (χ3n) is 6.34. The fourth-order valence-corrected chi connectivity index (χ4v) is 4.95. The molecular formula is C29H35N7O4S. The van der Waals surface area contributed by atoms with Crippen molar-refractivity contribution in [3.63, 3.8) is 0 Å². The van der Waals surface area contributed by atoms with Crippen molar-refractivity contribution in [3.8, 4) is 0 Å². The molecule has 0 fully saturated rings. The number of nitrogens with one attached hydrogen (secondary N) is 4. The molecule has 0 aliphatic carbocycles. The van der Waals surface area contributed by atoms with Crippen LogP contribution in [0.2, 0.25) is 0 Å². The maximum Gasteiger partial charge on any atom is 0.330 e. The topological polar surface area (TPSA) is 151 Å². The first-order chi connectivity index (χ1) is 19.7. The van der Waals surface area contributed by atoms with Crippen molar-refractivity contribution >= 4 is 46.0 Å². The molecule has 4 aromatic rings. The number of amides is 2. The lowest BCUT2D eigenvalue weighted by molar-refractivity contribution is -0.146. The first-order valence-electron chi connectivity index (χ1n) is 13.5. The molecule has 216 valence electrons. The van der Waals surface area contributed by atoms with E-state index in [9.17, 15) is 14.4 Å². The van der Waals surface area contributed by atoms with Crippen LogP contribution in [-0.2, 0) is 16.0 Å². The lowest BCUT2D eigenvalue weighted by Gasteiger charge is -2.20. The zero-order valence-electron chi connectivity index (χ0n) is 23.6. The van der Waals surface area contributed by atoms with Gasteiger partial charge in [-0.25, -0.2) is 14.8 Å². The molecule has 3 heterocycles. The molecule has 0 aliphatic heterocycles. The number of H-pyrrole nitrogens is 1. The molecule has 12 heteroatoms. The highest BCUT2D eigenvalue weighted by Crippen LogP contribution is 2.18. The Morgan fingerprint density at radius 3 is 2.54 bits per heavy atom. The van der Waals surface area contributed by atoms with Crippen LogP contribution < -0.4 is 16.0 Å². The number of hydrogen-bond donors (Lipinski definition) is 4. The largest absolute Gasteiger partial charge is 0.464 e. The van der Waals surface area contributed by atoms with Gasteiger partial charge in [0, 0.05) is 18.5 Å². The van der Waals surface area contributed by atoms with Crippen LogP contribution >= 0.6 is 11.3 Å². The standard InChI is InChI=1S/C29H35N7O4S/c1-17(2)16-40-28(39)23(15-31-26(37)24-11-7-13-41-24)35-27(38)25-18(3)33-29(34-19(25)4)30-12-6-9-20-8-5-10-22-21(20)14-32-36-22/h5,7-8,10-11,13-14,17,23H,6,9,12,15-16H2,1-4H3,(H,31,37)(H,32,36)(H,35,38)(H,30,33,34). The quantitative estimate of drug-likeness (QED) is 0.138. The molecule has 1 unspecified atom stereocenters. The fraction of sp³-hybridized carbons (Fsp3) is 0.379. The summed E-state index contributed by atoms with van der Waals surface area (Å²) in [5.74, 6) is -0.929. The lowest BCUT2D eigenvalue weighted by Crippen LogP contribution is -2.49. The van der Waals surface area contributed by atoms with Crippen LogP contribution in [0.5, 0.6) is 0 Å². The van der Waals surface area contributed by atoms with E-state index >= 15 is 0 Å². The summed E-state index contributed by atoms with van der Waals surface area (Å²) >= 11 is 1.29. The van der Waals surface area contributed by atoms with Crippen molar-refractivity contribution in [1.29, 1.82) is 0 Å². The van der Waals surface area contributed by atoms with Gasteiger partial charge < -0.3 is 20.7 Å². The molecule has 0 saturated carbocycles. The second kappa shape index (κ2) is 13.8. The molecule has 11 nitrogen and oxygen atoms in total. The Bertz CT molecular complexity index is 1480. The third kappa shape index (κ3) is 7.88. The molecule has 41 heavy (non-hydrogen) atoms. The Morgan fingerprint density at radius 2 is 1.83 bits per heavy atom. The van der Waals surface area contributed by atoms with Crippen molar-refractivity contribution in [2.24, 2.45) is 5.92 Å². The van der Waals surface area contributed by atoms with Gasteiger partial charge in [0.25, 0.3) is 11.8 Å². The van der Waals surface area contributed by atoms with E-state index in [1.807, 2.05) is 32.2 Å². The predicted octanol–water partition coefficient (Wildman–Crippen LogP) is 3.80. The van der Waals surface area contributed by atoms with Crippen molar-refractivity contribution in [2.75, 3.05) is 25.0 Å². The number of rotatable bonds is 13. The van der Waals surface area contributed by atoms with E-state index in [1.165, 1.54) is 16.9 Å². The van der Waals surface area contributed by atoms with Crippen molar-refractivity contribution in [1.82, 2.24) is 30.8 Å². The second-order valence-corrected chi connectivity index (χ2v) is 11.1. The van der Waals surface area contributed by atoms with Crippen molar-refractivity contribution < 1.29 is 19.1 Å². The molecule has 0 bridgehead atoms. The second-order valence-electron chi connectivity index (χ2n) is 10.1. The number of esters is 1. The number of fused-ring (bicyclic) bond motifs is 1. The number of nitrogens with zero attached hydrogens (tertiary/aromatic N) is 3. The minimum absolute atomic E-state index is 0.119. The summed E-state index contributed by atoms with van der Waals surface area (Å²) in [5, 5.41) is 18.7. The monoisotopic (exact) mass is 577 g/mol. The highest BCUT2D eigenvalue weighted by Gasteiger charge is 2.26. The van der Waals surface area contributed by atoms with Crippen LogP contribution in [0.4, 0.5) is 5.95 Å². The molecule has 3 aromatic heterocycles. The van der Waals surface area contributed by atoms with Gasteiger partial charge in [-0.15, -0.1) is 11.3 Å². The summed E-state index contributed by atoms with van der Waals surface area (Å²) in [5.41, 5.74) is 3.44. The van der Waals surface area contributed by atoms with Gasteiger partial charge in [0.15, 0.2) is 0 Å². The van der Waals surface area contributed by atoms with Gasteiger partial charge >= 0.3 is 5.97 Å². The fourth-order valence-electron chi connectivity index (χ4n) is 4.31. The molecule has 0 spiro atoms. The van der Waals surface area contributed by atoms with Crippen molar-refractivity contribution in [2.45, 2.75) is 46.6 Å². The van der Waals surface area contributed by atoms with E-state index in [-0.39, 0.29) is 30.5 Å². The van der Waals surface area contributed by atoms with E-state index in [4.69, 9.17) is 4.74 Å². The molecule has 1 atom stereocenters. The van der Waals surface area contributed by atoms with E-state index in [0.717, 1.165) is 23.7 Å².